The van der Waals surface area contributed by atoms with Gasteiger partial charge in [0.25, 0.3) is 6.04 Å². The summed E-state index contributed by atoms with van der Waals surface area (Å²) in [6.45, 7) is 0. The molecule has 0 saturated carbocycles. The van der Waals surface area contributed by atoms with Gasteiger partial charge < -0.3 is 0 Å². The first kappa shape index (κ1) is 13.9. The molecule has 0 spiro atoms. The van der Waals surface area contributed by atoms with Crippen LogP contribution >= 0.6 is 12.4 Å². The van der Waals surface area contributed by atoms with Gasteiger partial charge >= 0.3 is 0 Å². The van der Waals surface area contributed by atoms with E-state index in [0.29, 0.717) is 0 Å². The van der Waals surface area contributed by atoms with Crippen LogP contribution in [0.5, 0.6) is 0 Å². The number of rotatable bonds is 2. The number of anilines is 1. The van der Waals surface area contributed by atoms with E-state index >= 15 is 0 Å². The molecule has 1 aromatic carbocycles. The lowest BCUT2D eigenvalue weighted by Gasteiger charge is -2.20. The molecule has 0 bridgehead atoms. The Morgan fingerprint density at radius 1 is 1.22 bits per heavy atom. The smallest absolute Gasteiger partial charge is 0.288 e. The molecule has 1 unspecified atom stereocenters. The number of allylic oxidation sites excluding steroid dienone is 2. The molecule has 0 radical (unpaired) electrons. The topological polar surface area (TPSA) is 70.2 Å². The minimum atomic E-state index is -1.11. The number of nitrogens with zero attached hydrogens (tertiary/aromatic N) is 2. The van der Waals surface area contributed by atoms with Crippen molar-refractivity contribution in [2.75, 3.05) is 4.90 Å². The molecular weight excluding hydrogens is 254 g/mol. The standard InChI is InChI=1S/C12H11N3O2.ClH/c13-12-11(15(16)17)8-4-5-9-14(12)10-6-2-1-3-7-10;/h1-9,11,13H;1H. The third kappa shape index (κ3) is 2.75. The van der Waals surface area contributed by atoms with E-state index in [9.17, 15) is 10.1 Å². The summed E-state index contributed by atoms with van der Waals surface area (Å²) in [6.07, 6.45) is 6.33. The molecule has 1 atom stereocenters. The quantitative estimate of drug-likeness (QED) is 0.660. The Bertz CT molecular complexity index is 499. The molecule has 0 aromatic heterocycles. The molecule has 2 rings (SSSR count). The zero-order chi connectivity index (χ0) is 12.3. The van der Waals surface area contributed by atoms with E-state index in [1.165, 1.54) is 11.0 Å². The van der Waals surface area contributed by atoms with Gasteiger partial charge in [0.2, 0.25) is 0 Å². The third-order valence-electron chi connectivity index (χ3n) is 2.44. The van der Waals surface area contributed by atoms with Crippen molar-refractivity contribution in [2.24, 2.45) is 0 Å². The summed E-state index contributed by atoms with van der Waals surface area (Å²) < 4.78 is 0. The summed E-state index contributed by atoms with van der Waals surface area (Å²) in [7, 11) is 0. The molecule has 1 N–H and O–H groups in total. The minimum Gasteiger partial charge on any atom is -0.300 e. The van der Waals surface area contributed by atoms with Gasteiger partial charge in [0, 0.05) is 16.8 Å². The Hall–Kier alpha value is -2.14. The molecule has 6 heteroatoms. The molecule has 0 aliphatic carbocycles. The van der Waals surface area contributed by atoms with Gasteiger partial charge in [-0.2, -0.15) is 0 Å². The number of halogens is 1. The molecule has 0 saturated heterocycles. The molecule has 1 heterocycles. The van der Waals surface area contributed by atoms with Gasteiger partial charge in [-0.1, -0.05) is 24.3 Å². The lowest BCUT2D eigenvalue weighted by molar-refractivity contribution is -0.490. The normalized spacial score (nSPS) is 18.1. The SMILES string of the molecule is Cl.N=C1C([N+](=O)[O-])C=CC=CN1c1ccccc1. The Morgan fingerprint density at radius 2 is 1.89 bits per heavy atom. The van der Waals surface area contributed by atoms with E-state index in [-0.39, 0.29) is 18.2 Å². The number of para-hydroxylation sites is 1. The monoisotopic (exact) mass is 265 g/mol. The molecule has 0 amide bonds. The summed E-state index contributed by atoms with van der Waals surface area (Å²) in [4.78, 5) is 11.9. The maximum absolute atomic E-state index is 10.9. The first-order valence-corrected chi connectivity index (χ1v) is 5.11. The van der Waals surface area contributed by atoms with E-state index in [2.05, 4.69) is 0 Å². The van der Waals surface area contributed by atoms with Crippen LogP contribution in [0.15, 0.2) is 54.8 Å². The Kier molecular flexibility index (Phi) is 4.62. The highest BCUT2D eigenvalue weighted by Gasteiger charge is 2.28. The highest BCUT2D eigenvalue weighted by atomic mass is 35.5. The van der Waals surface area contributed by atoms with E-state index in [1.54, 1.807) is 30.5 Å². The van der Waals surface area contributed by atoms with Crippen LogP contribution in [0.4, 0.5) is 5.69 Å². The summed E-state index contributed by atoms with van der Waals surface area (Å²) in [6, 6.07) is 8.02. The van der Waals surface area contributed by atoms with Crippen molar-refractivity contribution in [3.05, 3.63) is 64.9 Å². The first-order valence-electron chi connectivity index (χ1n) is 5.11. The number of amidine groups is 1. The molecule has 1 aromatic rings. The molecular formula is C12H12ClN3O2. The van der Waals surface area contributed by atoms with Crippen molar-refractivity contribution in [2.45, 2.75) is 6.04 Å². The molecule has 5 nitrogen and oxygen atoms in total. The van der Waals surface area contributed by atoms with E-state index in [0.717, 1.165) is 5.69 Å². The van der Waals surface area contributed by atoms with Gasteiger partial charge in [-0.3, -0.25) is 20.4 Å². The number of benzene rings is 1. The summed E-state index contributed by atoms with van der Waals surface area (Å²) in [5.74, 6) is -0.0637. The van der Waals surface area contributed by atoms with Crippen LogP contribution < -0.4 is 4.90 Å². The zero-order valence-electron chi connectivity index (χ0n) is 9.39. The van der Waals surface area contributed by atoms with Crippen LogP contribution in [0.2, 0.25) is 0 Å². The van der Waals surface area contributed by atoms with Crippen LogP contribution in [0, 0.1) is 15.5 Å². The maximum Gasteiger partial charge on any atom is 0.288 e. The Morgan fingerprint density at radius 3 is 2.50 bits per heavy atom. The minimum absolute atomic E-state index is 0. The fourth-order valence-electron chi connectivity index (χ4n) is 1.60. The van der Waals surface area contributed by atoms with Crippen molar-refractivity contribution < 1.29 is 4.92 Å². The summed E-state index contributed by atoms with van der Waals surface area (Å²) in [5.41, 5.74) is 0.740. The van der Waals surface area contributed by atoms with Crippen molar-refractivity contribution in [3.63, 3.8) is 0 Å². The highest BCUT2D eigenvalue weighted by molar-refractivity contribution is 6.01. The van der Waals surface area contributed by atoms with Gasteiger partial charge in [-0.25, -0.2) is 0 Å². The van der Waals surface area contributed by atoms with Crippen molar-refractivity contribution >= 4 is 23.9 Å². The van der Waals surface area contributed by atoms with Gasteiger partial charge in [0.1, 0.15) is 0 Å². The Balaban J connectivity index is 0.00000162. The highest BCUT2D eigenvalue weighted by Crippen LogP contribution is 2.18. The van der Waals surface area contributed by atoms with Crippen LogP contribution in [-0.2, 0) is 0 Å². The number of nitrogens with one attached hydrogen (secondary N) is 1. The molecule has 1 aliphatic rings. The lowest BCUT2D eigenvalue weighted by Crippen LogP contribution is -2.38. The second-order valence-electron chi connectivity index (χ2n) is 3.55. The Labute approximate surface area is 110 Å². The van der Waals surface area contributed by atoms with Crippen molar-refractivity contribution in [1.29, 1.82) is 5.41 Å². The van der Waals surface area contributed by atoms with Gasteiger partial charge in [0.05, 0.1) is 0 Å². The zero-order valence-corrected chi connectivity index (χ0v) is 10.2. The maximum atomic E-state index is 10.9. The summed E-state index contributed by atoms with van der Waals surface area (Å²) >= 11 is 0. The van der Waals surface area contributed by atoms with Crippen molar-refractivity contribution in [1.82, 2.24) is 0 Å². The molecule has 94 valence electrons. The van der Waals surface area contributed by atoms with Crippen LogP contribution in [0.1, 0.15) is 0 Å². The van der Waals surface area contributed by atoms with Crippen LogP contribution in [0.3, 0.4) is 0 Å². The third-order valence-corrected chi connectivity index (χ3v) is 2.44. The predicted octanol–water partition coefficient (Wildman–Crippen LogP) is 2.62. The van der Waals surface area contributed by atoms with E-state index in [4.69, 9.17) is 5.41 Å². The predicted molar refractivity (Wildman–Crippen MR) is 73.0 cm³/mol. The molecule has 18 heavy (non-hydrogen) atoms. The average molecular weight is 266 g/mol. The number of hydrogen-bond acceptors (Lipinski definition) is 3. The fraction of sp³-hybridized carbons (Fsp3) is 0.0833. The van der Waals surface area contributed by atoms with Gasteiger partial charge in [0.15, 0.2) is 5.84 Å². The van der Waals surface area contributed by atoms with E-state index < -0.39 is 11.0 Å². The first-order chi connectivity index (χ1) is 8.20. The number of hydrogen-bond donors (Lipinski definition) is 1. The van der Waals surface area contributed by atoms with Crippen LogP contribution in [-0.4, -0.2) is 16.8 Å². The average Bonchev–Trinajstić information content (AvgIpc) is 2.52. The van der Waals surface area contributed by atoms with Crippen molar-refractivity contribution in [3.8, 4) is 0 Å². The largest absolute Gasteiger partial charge is 0.300 e. The van der Waals surface area contributed by atoms with Gasteiger partial charge in [-0.05, 0) is 24.3 Å². The van der Waals surface area contributed by atoms with Crippen LogP contribution in [0.25, 0.3) is 0 Å². The second kappa shape index (κ2) is 5.97. The fourth-order valence-corrected chi connectivity index (χ4v) is 1.60. The number of nitro groups is 1. The van der Waals surface area contributed by atoms with Gasteiger partial charge in [-0.15, -0.1) is 12.4 Å². The lowest BCUT2D eigenvalue weighted by atomic mass is 10.2. The summed E-state index contributed by atoms with van der Waals surface area (Å²) in [5, 5.41) is 18.7. The molecule has 0 fully saturated rings. The molecule has 1 aliphatic heterocycles. The second-order valence-corrected chi connectivity index (χ2v) is 3.55. The van der Waals surface area contributed by atoms with E-state index in [1.807, 2.05) is 18.2 Å².